The molecule has 2 aromatic rings. The number of aromatic nitrogens is 1. The third-order valence-corrected chi connectivity index (χ3v) is 5.05. The van der Waals surface area contributed by atoms with Gasteiger partial charge in [-0.15, -0.1) is 23.1 Å². The fourth-order valence-corrected chi connectivity index (χ4v) is 4.17. The lowest BCUT2D eigenvalue weighted by Crippen LogP contribution is -2.13. The Bertz CT molecular complexity index is 538. The normalized spacial score (nSPS) is 10.5. The first-order chi connectivity index (χ1) is 8.72. The van der Waals surface area contributed by atoms with Crippen molar-refractivity contribution < 1.29 is 0 Å². The average molecular weight is 295 g/mol. The number of nitrogens with two attached hydrogens (primary N) is 1. The maximum atomic E-state index is 7.76. The molecular formula is C12H13N3S3. The monoisotopic (exact) mass is 295 g/mol. The van der Waals surface area contributed by atoms with E-state index in [1.807, 2.05) is 23.6 Å². The minimum atomic E-state index is 0.116. The fourth-order valence-electron chi connectivity index (χ4n) is 1.49. The maximum Gasteiger partial charge on any atom is 0.154 e. The molecule has 0 atom stereocenters. The molecule has 1 heterocycles. The molecule has 0 aliphatic heterocycles. The Labute approximate surface area is 119 Å². The summed E-state index contributed by atoms with van der Waals surface area (Å²) in [6.07, 6.45) is 1.78. The van der Waals surface area contributed by atoms with Gasteiger partial charge in [-0.1, -0.05) is 24.8 Å². The summed E-state index contributed by atoms with van der Waals surface area (Å²) in [6.45, 7) is 2.09. The summed E-state index contributed by atoms with van der Waals surface area (Å²) in [5.41, 5.74) is 6.54. The van der Waals surface area contributed by atoms with Crippen molar-refractivity contribution in [1.29, 1.82) is 5.41 Å². The molecule has 2 rings (SSSR count). The van der Waals surface area contributed by atoms with E-state index in [1.165, 1.54) is 0 Å². The van der Waals surface area contributed by atoms with E-state index in [2.05, 4.69) is 11.9 Å². The van der Waals surface area contributed by atoms with E-state index in [4.69, 9.17) is 11.1 Å². The third-order valence-electron chi connectivity index (χ3n) is 2.16. The standard InChI is InChI=1S/C12H13N3S3/c1-2-16-8-4-3-5-9(10(8)11(13)14)18-12-15-6-7-17-12/h3-7H,2H2,1H3,(H3,13,14). The Hall–Kier alpha value is -0.980. The number of hydrogen-bond acceptors (Lipinski definition) is 5. The molecule has 6 heteroatoms. The highest BCUT2D eigenvalue weighted by Gasteiger charge is 2.13. The van der Waals surface area contributed by atoms with E-state index >= 15 is 0 Å². The van der Waals surface area contributed by atoms with Crippen molar-refractivity contribution in [3.8, 4) is 0 Å². The van der Waals surface area contributed by atoms with Crippen molar-refractivity contribution >= 4 is 40.7 Å². The van der Waals surface area contributed by atoms with Gasteiger partial charge >= 0.3 is 0 Å². The van der Waals surface area contributed by atoms with E-state index in [0.717, 1.165) is 25.4 Å². The summed E-state index contributed by atoms with van der Waals surface area (Å²) in [5.74, 6) is 1.08. The summed E-state index contributed by atoms with van der Waals surface area (Å²) in [5, 5.41) is 9.70. The van der Waals surface area contributed by atoms with Crippen molar-refractivity contribution in [3.05, 3.63) is 35.3 Å². The largest absolute Gasteiger partial charge is 0.384 e. The van der Waals surface area contributed by atoms with Crippen LogP contribution >= 0.6 is 34.9 Å². The van der Waals surface area contributed by atoms with Crippen LogP contribution in [0.3, 0.4) is 0 Å². The van der Waals surface area contributed by atoms with Crippen LogP contribution in [-0.2, 0) is 0 Å². The number of nitrogens with zero attached hydrogens (tertiary/aromatic N) is 1. The number of rotatable bonds is 5. The smallest absolute Gasteiger partial charge is 0.154 e. The highest BCUT2D eigenvalue weighted by molar-refractivity contribution is 8.01. The molecule has 1 aromatic heterocycles. The van der Waals surface area contributed by atoms with E-state index in [0.29, 0.717) is 0 Å². The first kappa shape index (κ1) is 13.5. The zero-order chi connectivity index (χ0) is 13.0. The van der Waals surface area contributed by atoms with Gasteiger partial charge in [0.05, 0.1) is 0 Å². The third kappa shape index (κ3) is 3.07. The van der Waals surface area contributed by atoms with E-state index < -0.39 is 0 Å². The van der Waals surface area contributed by atoms with E-state index in [-0.39, 0.29) is 5.84 Å². The lowest BCUT2D eigenvalue weighted by Gasteiger charge is -2.11. The molecule has 0 amide bonds. The molecule has 0 fully saturated rings. The molecule has 0 saturated heterocycles. The van der Waals surface area contributed by atoms with E-state index in [9.17, 15) is 0 Å². The van der Waals surface area contributed by atoms with Gasteiger partial charge in [0.1, 0.15) is 5.84 Å². The highest BCUT2D eigenvalue weighted by Crippen LogP contribution is 2.35. The minimum Gasteiger partial charge on any atom is -0.384 e. The van der Waals surface area contributed by atoms with Crippen molar-refractivity contribution in [1.82, 2.24) is 4.98 Å². The molecular weight excluding hydrogens is 282 g/mol. The molecule has 0 bridgehead atoms. The highest BCUT2D eigenvalue weighted by atomic mass is 32.2. The number of hydrogen-bond donors (Lipinski definition) is 2. The summed E-state index contributed by atoms with van der Waals surface area (Å²) < 4.78 is 0.969. The first-order valence-electron chi connectivity index (χ1n) is 5.40. The van der Waals surface area contributed by atoms with Crippen LogP contribution in [-0.4, -0.2) is 16.6 Å². The predicted molar refractivity (Wildman–Crippen MR) is 80.1 cm³/mol. The number of nitrogens with one attached hydrogen (secondary N) is 1. The lowest BCUT2D eigenvalue weighted by atomic mass is 10.2. The van der Waals surface area contributed by atoms with Crippen LogP contribution in [0, 0.1) is 5.41 Å². The summed E-state index contributed by atoms with van der Waals surface area (Å²) in [7, 11) is 0. The lowest BCUT2D eigenvalue weighted by molar-refractivity contribution is 1.22. The zero-order valence-electron chi connectivity index (χ0n) is 9.84. The number of amidine groups is 1. The maximum absolute atomic E-state index is 7.76. The van der Waals surface area contributed by atoms with Gasteiger partial charge in [-0.3, -0.25) is 5.41 Å². The molecule has 94 valence electrons. The van der Waals surface area contributed by atoms with Crippen LogP contribution < -0.4 is 5.73 Å². The van der Waals surface area contributed by atoms with Gasteiger partial charge in [0.15, 0.2) is 4.34 Å². The van der Waals surface area contributed by atoms with Crippen molar-refractivity contribution in [2.75, 3.05) is 5.75 Å². The Morgan fingerprint density at radius 2 is 2.22 bits per heavy atom. The van der Waals surface area contributed by atoms with Gasteiger partial charge < -0.3 is 5.73 Å². The molecule has 3 nitrogen and oxygen atoms in total. The Morgan fingerprint density at radius 1 is 1.44 bits per heavy atom. The topological polar surface area (TPSA) is 62.8 Å². The van der Waals surface area contributed by atoms with Crippen LogP contribution in [0.2, 0.25) is 0 Å². The van der Waals surface area contributed by atoms with Crippen LogP contribution in [0.1, 0.15) is 12.5 Å². The molecule has 3 N–H and O–H groups in total. The van der Waals surface area contributed by atoms with Gasteiger partial charge in [-0.25, -0.2) is 4.98 Å². The van der Waals surface area contributed by atoms with E-state index in [1.54, 1.807) is 41.1 Å². The van der Waals surface area contributed by atoms with Crippen molar-refractivity contribution in [2.24, 2.45) is 5.73 Å². The number of nitrogen functional groups attached to an aromatic ring is 1. The second-order valence-corrected chi connectivity index (χ2v) is 6.87. The van der Waals surface area contributed by atoms with Crippen LogP contribution in [0.4, 0.5) is 0 Å². The first-order valence-corrected chi connectivity index (χ1v) is 8.08. The SMILES string of the molecule is CCSc1cccc(Sc2nccs2)c1C(=N)N. The van der Waals surface area contributed by atoms with Gasteiger partial charge in [-0.05, 0) is 17.9 Å². The molecule has 18 heavy (non-hydrogen) atoms. The second kappa shape index (κ2) is 6.26. The Balaban J connectivity index is 2.39. The van der Waals surface area contributed by atoms with Crippen molar-refractivity contribution in [3.63, 3.8) is 0 Å². The van der Waals surface area contributed by atoms with Crippen LogP contribution in [0.15, 0.2) is 43.9 Å². The molecule has 0 saturated carbocycles. The predicted octanol–water partition coefficient (Wildman–Crippen LogP) is 3.69. The van der Waals surface area contributed by atoms with Crippen LogP contribution in [0.5, 0.6) is 0 Å². The molecule has 0 aliphatic rings. The van der Waals surface area contributed by atoms with Gasteiger partial charge in [0, 0.05) is 26.9 Å². The number of benzene rings is 1. The molecule has 0 radical (unpaired) electrons. The Kier molecular flexibility index (Phi) is 4.68. The molecule has 0 spiro atoms. The van der Waals surface area contributed by atoms with Crippen molar-refractivity contribution in [2.45, 2.75) is 21.1 Å². The number of thioether (sulfide) groups is 1. The van der Waals surface area contributed by atoms with Gasteiger partial charge in [-0.2, -0.15) is 0 Å². The molecule has 1 aromatic carbocycles. The average Bonchev–Trinajstić information content (AvgIpc) is 2.82. The zero-order valence-corrected chi connectivity index (χ0v) is 12.3. The molecule has 0 unspecified atom stereocenters. The molecule has 0 aliphatic carbocycles. The minimum absolute atomic E-state index is 0.116. The summed E-state index contributed by atoms with van der Waals surface area (Å²) >= 11 is 4.86. The van der Waals surface area contributed by atoms with Gasteiger partial charge in [0.25, 0.3) is 0 Å². The quantitative estimate of drug-likeness (QED) is 0.501. The van der Waals surface area contributed by atoms with Crippen LogP contribution in [0.25, 0.3) is 0 Å². The summed E-state index contributed by atoms with van der Waals surface area (Å²) in [6, 6.07) is 6.00. The fraction of sp³-hybridized carbons (Fsp3) is 0.167. The summed E-state index contributed by atoms with van der Waals surface area (Å²) in [4.78, 5) is 6.31. The number of thiazole rings is 1. The Morgan fingerprint density at radius 3 is 2.83 bits per heavy atom. The second-order valence-electron chi connectivity index (χ2n) is 3.38. The van der Waals surface area contributed by atoms with Gasteiger partial charge in [0.2, 0.25) is 0 Å².